The van der Waals surface area contributed by atoms with Crippen molar-refractivity contribution >= 4 is 11.9 Å². The molecule has 0 radical (unpaired) electrons. The maximum absolute atomic E-state index is 5.58. The first kappa shape index (κ1) is 17.6. The summed E-state index contributed by atoms with van der Waals surface area (Å²) in [4.78, 5) is 12.8. The molecule has 0 saturated heterocycles. The minimum absolute atomic E-state index is 0.144. The van der Waals surface area contributed by atoms with E-state index in [0.717, 1.165) is 6.42 Å². The molecule has 0 aliphatic rings. The zero-order chi connectivity index (χ0) is 17.4. The first-order valence-electron chi connectivity index (χ1n) is 8.05. The van der Waals surface area contributed by atoms with Crippen LogP contribution in [0.3, 0.4) is 0 Å². The number of nitrogens with zero attached hydrogens (tertiary/aromatic N) is 5. The van der Waals surface area contributed by atoms with Gasteiger partial charge in [-0.3, -0.25) is 0 Å². The van der Waals surface area contributed by atoms with Crippen LogP contribution in [0.5, 0.6) is 17.8 Å². The van der Waals surface area contributed by atoms with Crippen LogP contribution in [0.15, 0.2) is 12.1 Å². The Morgan fingerprint density at radius 2 is 1.71 bits per heavy atom. The van der Waals surface area contributed by atoms with Crippen molar-refractivity contribution in [2.75, 3.05) is 23.8 Å². The van der Waals surface area contributed by atoms with E-state index in [1.165, 1.54) is 0 Å². The molecule has 0 bridgehead atoms. The number of hydrogen-bond acceptors (Lipinski definition) is 9. The second-order valence-corrected chi connectivity index (χ2v) is 4.99. The fraction of sp³-hybridized carbons (Fsp3) is 0.533. The number of nitrogens with one attached hydrogen (secondary N) is 2. The number of aromatic nitrogens is 5. The van der Waals surface area contributed by atoms with Gasteiger partial charge in [0.05, 0.1) is 6.61 Å². The van der Waals surface area contributed by atoms with Crippen molar-refractivity contribution in [3.63, 3.8) is 0 Å². The fourth-order valence-electron chi connectivity index (χ4n) is 1.71. The van der Waals surface area contributed by atoms with Gasteiger partial charge >= 0.3 is 6.01 Å². The molecule has 2 rings (SSSR count). The lowest BCUT2D eigenvalue weighted by Gasteiger charge is -2.13. The maximum atomic E-state index is 5.58. The van der Waals surface area contributed by atoms with Gasteiger partial charge in [-0.2, -0.15) is 15.0 Å². The lowest BCUT2D eigenvalue weighted by atomic mass is 10.3. The van der Waals surface area contributed by atoms with Crippen molar-refractivity contribution in [3.05, 3.63) is 12.1 Å². The first-order chi connectivity index (χ1) is 11.6. The van der Waals surface area contributed by atoms with E-state index in [1.54, 1.807) is 12.1 Å². The van der Waals surface area contributed by atoms with Crippen LogP contribution in [-0.2, 0) is 0 Å². The highest BCUT2D eigenvalue weighted by Crippen LogP contribution is 2.19. The molecule has 0 amide bonds. The van der Waals surface area contributed by atoms with E-state index in [0.29, 0.717) is 30.9 Å². The molecule has 0 aliphatic carbocycles. The predicted octanol–water partition coefficient (Wildman–Crippen LogP) is 2.49. The molecule has 2 aromatic heterocycles. The topological polar surface area (TPSA) is 107 Å². The van der Waals surface area contributed by atoms with E-state index >= 15 is 0 Å². The van der Waals surface area contributed by atoms with Gasteiger partial charge in [-0.1, -0.05) is 6.92 Å². The summed E-state index contributed by atoms with van der Waals surface area (Å²) in [6.45, 7) is 9.19. The zero-order valence-corrected chi connectivity index (χ0v) is 14.4. The van der Waals surface area contributed by atoms with E-state index in [4.69, 9.17) is 9.47 Å². The van der Waals surface area contributed by atoms with E-state index in [2.05, 4.69) is 49.6 Å². The van der Waals surface area contributed by atoms with Gasteiger partial charge in [-0.05, 0) is 27.2 Å². The van der Waals surface area contributed by atoms with E-state index in [9.17, 15) is 0 Å². The van der Waals surface area contributed by atoms with Gasteiger partial charge in [0, 0.05) is 24.7 Å². The molecular weight excluding hydrogens is 310 g/mol. The Kier molecular flexibility index (Phi) is 6.47. The number of ether oxygens (including phenoxy) is 2. The Balaban J connectivity index is 2.17. The van der Waals surface area contributed by atoms with Crippen LogP contribution in [0.25, 0.3) is 0 Å². The normalized spacial score (nSPS) is 11.7. The summed E-state index contributed by atoms with van der Waals surface area (Å²) in [7, 11) is 0. The van der Waals surface area contributed by atoms with Crippen molar-refractivity contribution in [2.45, 2.75) is 40.2 Å². The average molecular weight is 333 g/mol. The molecule has 2 heterocycles. The maximum Gasteiger partial charge on any atom is 0.330 e. The Hall–Kier alpha value is -2.71. The summed E-state index contributed by atoms with van der Waals surface area (Å²) in [5, 5.41) is 14.1. The third-order valence-electron chi connectivity index (χ3n) is 3.04. The summed E-state index contributed by atoms with van der Waals surface area (Å²) < 4.78 is 10.8. The van der Waals surface area contributed by atoms with Crippen molar-refractivity contribution < 1.29 is 9.47 Å². The molecule has 1 atom stereocenters. The summed E-state index contributed by atoms with van der Waals surface area (Å²) in [5.41, 5.74) is 0. The van der Waals surface area contributed by atoms with Gasteiger partial charge in [-0.25, -0.2) is 0 Å². The summed E-state index contributed by atoms with van der Waals surface area (Å²) in [6, 6.07) is 3.71. The van der Waals surface area contributed by atoms with Crippen molar-refractivity contribution in [3.8, 4) is 17.8 Å². The molecule has 0 saturated carbocycles. The average Bonchev–Trinajstić information content (AvgIpc) is 2.57. The second kappa shape index (κ2) is 8.80. The molecule has 0 aliphatic heterocycles. The second-order valence-electron chi connectivity index (χ2n) is 4.99. The van der Waals surface area contributed by atoms with Crippen LogP contribution in [0, 0.1) is 0 Å². The van der Waals surface area contributed by atoms with Crippen LogP contribution >= 0.6 is 0 Å². The lowest BCUT2D eigenvalue weighted by molar-refractivity contribution is 0.318. The molecule has 0 spiro atoms. The number of rotatable bonds is 9. The Labute approximate surface area is 141 Å². The number of hydrogen-bond donors (Lipinski definition) is 2. The van der Waals surface area contributed by atoms with E-state index < -0.39 is 0 Å². The SMILES string of the molecule is CCNc1nc(N[C@@H](C)CC)nc(Oc2ccc(OCC)nn2)n1. The highest BCUT2D eigenvalue weighted by Gasteiger charge is 2.11. The molecule has 9 nitrogen and oxygen atoms in total. The molecule has 0 fully saturated rings. The highest BCUT2D eigenvalue weighted by atomic mass is 16.5. The zero-order valence-electron chi connectivity index (χ0n) is 14.4. The quantitative estimate of drug-likeness (QED) is 0.715. The molecule has 2 N–H and O–H groups in total. The van der Waals surface area contributed by atoms with Gasteiger partial charge < -0.3 is 20.1 Å². The largest absolute Gasteiger partial charge is 0.477 e. The van der Waals surface area contributed by atoms with Gasteiger partial charge in [0.25, 0.3) is 0 Å². The van der Waals surface area contributed by atoms with E-state index in [1.807, 2.05) is 13.8 Å². The molecule has 0 aromatic carbocycles. The molecular formula is C15H23N7O2. The number of anilines is 2. The summed E-state index contributed by atoms with van der Waals surface area (Å²) in [5.74, 6) is 1.60. The van der Waals surface area contributed by atoms with Crippen LogP contribution in [0.4, 0.5) is 11.9 Å². The van der Waals surface area contributed by atoms with Gasteiger partial charge in [0.2, 0.25) is 23.7 Å². The molecule has 130 valence electrons. The van der Waals surface area contributed by atoms with Gasteiger partial charge in [0.15, 0.2) is 0 Å². The van der Waals surface area contributed by atoms with E-state index in [-0.39, 0.29) is 17.9 Å². The Morgan fingerprint density at radius 3 is 2.33 bits per heavy atom. The highest BCUT2D eigenvalue weighted by molar-refractivity contribution is 5.37. The summed E-state index contributed by atoms with van der Waals surface area (Å²) in [6.07, 6.45) is 0.947. The summed E-state index contributed by atoms with van der Waals surface area (Å²) >= 11 is 0. The minimum atomic E-state index is 0.144. The third kappa shape index (κ3) is 5.18. The predicted molar refractivity (Wildman–Crippen MR) is 90.6 cm³/mol. The lowest BCUT2D eigenvalue weighted by Crippen LogP contribution is -2.17. The van der Waals surface area contributed by atoms with Crippen molar-refractivity contribution in [2.24, 2.45) is 0 Å². The minimum Gasteiger partial charge on any atom is -0.477 e. The van der Waals surface area contributed by atoms with Crippen LogP contribution < -0.4 is 20.1 Å². The monoisotopic (exact) mass is 333 g/mol. The van der Waals surface area contributed by atoms with Crippen LogP contribution in [0.2, 0.25) is 0 Å². The Morgan fingerprint density at radius 1 is 1.00 bits per heavy atom. The van der Waals surface area contributed by atoms with Crippen molar-refractivity contribution in [1.82, 2.24) is 25.1 Å². The van der Waals surface area contributed by atoms with Crippen LogP contribution in [0.1, 0.15) is 34.1 Å². The van der Waals surface area contributed by atoms with Gasteiger partial charge in [0.1, 0.15) is 0 Å². The molecule has 2 aromatic rings. The molecule has 24 heavy (non-hydrogen) atoms. The third-order valence-corrected chi connectivity index (χ3v) is 3.04. The molecule has 9 heteroatoms. The smallest absolute Gasteiger partial charge is 0.330 e. The molecule has 0 unspecified atom stereocenters. The van der Waals surface area contributed by atoms with Crippen molar-refractivity contribution in [1.29, 1.82) is 0 Å². The Bertz CT molecular complexity index is 636. The standard InChI is InChI=1S/C15H23N7O2/c1-5-10(4)17-14-18-13(16-6-2)19-15(20-14)24-12-9-8-11(21-22-12)23-7-3/h8-10H,5-7H2,1-4H3,(H2,16,17,18,19,20)/t10-/m0/s1. The van der Waals surface area contributed by atoms with Gasteiger partial charge in [-0.15, -0.1) is 10.2 Å². The van der Waals surface area contributed by atoms with Crippen LogP contribution in [-0.4, -0.2) is 44.3 Å². The fourth-order valence-corrected chi connectivity index (χ4v) is 1.71. The first-order valence-corrected chi connectivity index (χ1v) is 8.05.